The molecule has 0 saturated carbocycles. The first-order valence-electron chi connectivity index (χ1n) is 6.19. The fourth-order valence-electron chi connectivity index (χ4n) is 2.11. The van der Waals surface area contributed by atoms with Crippen LogP contribution in [-0.2, 0) is 6.42 Å². The summed E-state index contributed by atoms with van der Waals surface area (Å²) < 4.78 is 0. The largest absolute Gasteiger partial charge is 0.341 e. The lowest BCUT2D eigenvalue weighted by Gasteiger charge is -2.27. The molecule has 5 heteroatoms. The third-order valence-corrected chi connectivity index (χ3v) is 3.66. The summed E-state index contributed by atoms with van der Waals surface area (Å²) in [6.07, 6.45) is 5.49. The zero-order chi connectivity index (χ0) is 12.3. The minimum atomic E-state index is 0.507. The number of anilines is 1. The lowest BCUT2D eigenvalue weighted by Crippen LogP contribution is -2.31. The number of piperidine rings is 1. The van der Waals surface area contributed by atoms with Crippen LogP contribution in [-0.4, -0.2) is 23.1 Å². The van der Waals surface area contributed by atoms with Crippen molar-refractivity contribution < 1.29 is 0 Å². The number of halogens is 2. The molecule has 1 saturated heterocycles. The Morgan fingerprint density at radius 3 is 2.18 bits per heavy atom. The van der Waals surface area contributed by atoms with E-state index >= 15 is 0 Å². The van der Waals surface area contributed by atoms with E-state index in [1.54, 1.807) is 0 Å². The molecule has 0 atom stereocenters. The van der Waals surface area contributed by atoms with Gasteiger partial charge in [-0.15, -0.1) is 0 Å². The van der Waals surface area contributed by atoms with Gasteiger partial charge in [0.1, 0.15) is 10.3 Å². The lowest BCUT2D eigenvalue weighted by atomic mass is 10.1. The monoisotopic (exact) mass is 273 g/mol. The van der Waals surface area contributed by atoms with Gasteiger partial charge in [0.25, 0.3) is 0 Å². The van der Waals surface area contributed by atoms with E-state index in [2.05, 4.69) is 21.8 Å². The maximum absolute atomic E-state index is 6.17. The Morgan fingerprint density at radius 1 is 1.06 bits per heavy atom. The van der Waals surface area contributed by atoms with Crippen LogP contribution in [0.4, 0.5) is 5.95 Å². The van der Waals surface area contributed by atoms with Crippen LogP contribution in [0.5, 0.6) is 0 Å². The zero-order valence-electron chi connectivity index (χ0n) is 10.0. The van der Waals surface area contributed by atoms with E-state index in [4.69, 9.17) is 23.2 Å². The highest BCUT2D eigenvalue weighted by Crippen LogP contribution is 2.26. The van der Waals surface area contributed by atoms with E-state index in [0.717, 1.165) is 31.5 Å². The molecule has 0 radical (unpaired) electrons. The molecule has 0 aliphatic carbocycles. The molecular weight excluding hydrogens is 257 g/mol. The molecule has 0 aromatic carbocycles. The van der Waals surface area contributed by atoms with Crippen molar-refractivity contribution in [1.29, 1.82) is 0 Å². The van der Waals surface area contributed by atoms with E-state index in [9.17, 15) is 0 Å². The molecule has 2 rings (SSSR count). The van der Waals surface area contributed by atoms with Crippen LogP contribution < -0.4 is 4.90 Å². The first-order chi connectivity index (χ1) is 8.22. The number of hydrogen-bond donors (Lipinski definition) is 0. The summed E-state index contributed by atoms with van der Waals surface area (Å²) >= 11 is 12.3. The molecule has 1 fully saturated rings. The van der Waals surface area contributed by atoms with Crippen molar-refractivity contribution in [3.05, 3.63) is 15.9 Å². The smallest absolute Gasteiger partial charge is 0.228 e. The van der Waals surface area contributed by atoms with Crippen LogP contribution in [0.3, 0.4) is 0 Å². The normalized spacial score (nSPS) is 16.3. The summed E-state index contributed by atoms with van der Waals surface area (Å²) in [5, 5.41) is 1.01. The molecule has 0 bridgehead atoms. The summed E-state index contributed by atoms with van der Waals surface area (Å²) in [5.41, 5.74) is 0.872. The second-order valence-electron chi connectivity index (χ2n) is 4.38. The molecule has 1 aromatic heterocycles. The Bertz CT molecular complexity index is 366. The first kappa shape index (κ1) is 12.9. The minimum absolute atomic E-state index is 0.507. The molecule has 1 aliphatic rings. The summed E-state index contributed by atoms with van der Waals surface area (Å²) in [6, 6.07) is 0. The van der Waals surface area contributed by atoms with Gasteiger partial charge in [-0.3, -0.25) is 0 Å². The molecular formula is C12H17Cl2N3. The Kier molecular flexibility index (Phi) is 4.46. The van der Waals surface area contributed by atoms with Crippen LogP contribution in [0.1, 0.15) is 38.2 Å². The molecule has 3 nitrogen and oxygen atoms in total. The number of aromatic nitrogens is 2. The average Bonchev–Trinajstić information content (AvgIpc) is 2.35. The highest BCUT2D eigenvalue weighted by Gasteiger charge is 2.17. The van der Waals surface area contributed by atoms with Crippen molar-refractivity contribution in [2.45, 2.75) is 39.0 Å². The summed E-state index contributed by atoms with van der Waals surface area (Å²) in [7, 11) is 0. The molecule has 2 heterocycles. The van der Waals surface area contributed by atoms with E-state index in [0.29, 0.717) is 16.3 Å². The van der Waals surface area contributed by atoms with E-state index < -0.39 is 0 Å². The molecule has 17 heavy (non-hydrogen) atoms. The fourth-order valence-corrected chi connectivity index (χ4v) is 2.68. The third kappa shape index (κ3) is 3.02. The van der Waals surface area contributed by atoms with E-state index in [1.165, 1.54) is 19.3 Å². The van der Waals surface area contributed by atoms with Gasteiger partial charge in [0.15, 0.2) is 0 Å². The van der Waals surface area contributed by atoms with Gasteiger partial charge in [0.2, 0.25) is 5.95 Å². The number of hydrogen-bond acceptors (Lipinski definition) is 3. The van der Waals surface area contributed by atoms with Gasteiger partial charge in [-0.25, -0.2) is 9.97 Å². The maximum atomic E-state index is 6.17. The summed E-state index contributed by atoms with van der Waals surface area (Å²) in [6.45, 7) is 4.09. The molecule has 1 aliphatic heterocycles. The van der Waals surface area contributed by atoms with Crippen LogP contribution in [0.25, 0.3) is 0 Å². The molecule has 0 N–H and O–H groups in total. The predicted octanol–water partition coefficient (Wildman–Crippen LogP) is 3.73. The van der Waals surface area contributed by atoms with Crippen LogP contribution in [0, 0.1) is 0 Å². The van der Waals surface area contributed by atoms with Crippen LogP contribution >= 0.6 is 23.2 Å². The lowest BCUT2D eigenvalue weighted by molar-refractivity contribution is 0.568. The van der Waals surface area contributed by atoms with Gasteiger partial charge in [-0.1, -0.05) is 36.5 Å². The molecule has 94 valence electrons. The molecule has 1 aromatic rings. The van der Waals surface area contributed by atoms with E-state index in [-0.39, 0.29) is 0 Å². The first-order valence-corrected chi connectivity index (χ1v) is 6.95. The Balaban J connectivity index is 2.24. The van der Waals surface area contributed by atoms with Gasteiger partial charge in [-0.2, -0.15) is 0 Å². The quantitative estimate of drug-likeness (QED) is 0.786. The Morgan fingerprint density at radius 2 is 1.65 bits per heavy atom. The second kappa shape index (κ2) is 5.87. The molecule has 0 amide bonds. The minimum Gasteiger partial charge on any atom is -0.341 e. The van der Waals surface area contributed by atoms with Crippen LogP contribution in [0.15, 0.2) is 0 Å². The topological polar surface area (TPSA) is 29.0 Å². The van der Waals surface area contributed by atoms with Crippen molar-refractivity contribution >= 4 is 29.2 Å². The predicted molar refractivity (Wildman–Crippen MR) is 72.1 cm³/mol. The second-order valence-corrected chi connectivity index (χ2v) is 5.10. The van der Waals surface area contributed by atoms with Gasteiger partial charge in [-0.05, 0) is 25.7 Å². The summed E-state index contributed by atoms with van der Waals surface area (Å²) in [5.74, 6) is 0.680. The Labute approximate surface area is 112 Å². The van der Waals surface area contributed by atoms with Gasteiger partial charge >= 0.3 is 0 Å². The SMILES string of the molecule is CCCc1c(Cl)nc(N2CCCCC2)nc1Cl. The zero-order valence-corrected chi connectivity index (χ0v) is 11.6. The van der Waals surface area contributed by atoms with E-state index in [1.807, 2.05) is 0 Å². The number of nitrogens with zero attached hydrogens (tertiary/aromatic N) is 3. The van der Waals surface area contributed by atoms with Gasteiger partial charge in [0.05, 0.1) is 0 Å². The van der Waals surface area contributed by atoms with Crippen molar-refractivity contribution in [2.24, 2.45) is 0 Å². The molecule has 0 unspecified atom stereocenters. The van der Waals surface area contributed by atoms with Crippen molar-refractivity contribution in [3.8, 4) is 0 Å². The maximum Gasteiger partial charge on any atom is 0.228 e. The van der Waals surface area contributed by atoms with Crippen molar-refractivity contribution in [3.63, 3.8) is 0 Å². The summed E-state index contributed by atoms with van der Waals surface area (Å²) in [4.78, 5) is 10.9. The molecule has 0 spiro atoms. The van der Waals surface area contributed by atoms with Gasteiger partial charge in [0, 0.05) is 18.7 Å². The fraction of sp³-hybridized carbons (Fsp3) is 0.667. The van der Waals surface area contributed by atoms with Gasteiger partial charge < -0.3 is 4.90 Å². The third-order valence-electron chi connectivity index (χ3n) is 3.03. The average molecular weight is 274 g/mol. The highest BCUT2D eigenvalue weighted by atomic mass is 35.5. The highest BCUT2D eigenvalue weighted by molar-refractivity contribution is 6.34. The standard InChI is InChI=1S/C12H17Cl2N3/c1-2-6-9-10(13)15-12(16-11(9)14)17-7-4-3-5-8-17/h2-8H2,1H3. The Hall–Kier alpha value is -0.540. The van der Waals surface area contributed by atoms with Crippen molar-refractivity contribution in [1.82, 2.24) is 9.97 Å². The van der Waals surface area contributed by atoms with Crippen molar-refractivity contribution in [2.75, 3.05) is 18.0 Å². The number of rotatable bonds is 3. The van der Waals surface area contributed by atoms with Crippen LogP contribution in [0.2, 0.25) is 10.3 Å².